The van der Waals surface area contributed by atoms with Crippen LogP contribution in [0, 0.1) is 5.92 Å². The van der Waals surface area contributed by atoms with Gasteiger partial charge in [0.25, 0.3) is 0 Å². The van der Waals surface area contributed by atoms with Crippen LogP contribution in [0.4, 0.5) is 13.2 Å². The molecule has 0 N–H and O–H groups in total. The molecule has 2 aromatic carbocycles. The number of carbonyl (C=O) groups is 1. The Labute approximate surface area is 186 Å². The first-order valence-electron chi connectivity index (χ1n) is 9.48. The molecule has 0 aliphatic heterocycles. The van der Waals surface area contributed by atoms with E-state index in [1.807, 2.05) is 0 Å². The first kappa shape index (κ1) is 21.6. The zero-order chi connectivity index (χ0) is 22.2. The van der Waals surface area contributed by atoms with E-state index < -0.39 is 12.1 Å². The van der Waals surface area contributed by atoms with Gasteiger partial charge in [0.1, 0.15) is 6.33 Å². The molecule has 160 valence electrons. The summed E-state index contributed by atoms with van der Waals surface area (Å²) in [4.78, 5) is 16.4. The number of rotatable bonds is 6. The molecule has 9 heteroatoms. The molecule has 1 atom stereocenters. The monoisotopic (exact) mass is 465 g/mol. The maximum absolute atomic E-state index is 13.6. The van der Waals surface area contributed by atoms with Gasteiger partial charge in [-0.15, -0.1) is 0 Å². The van der Waals surface area contributed by atoms with Crippen molar-refractivity contribution in [3.8, 4) is 5.69 Å². The molecule has 1 aliphatic rings. The van der Waals surface area contributed by atoms with Crippen LogP contribution in [0.15, 0.2) is 54.9 Å². The highest BCUT2D eigenvalue weighted by molar-refractivity contribution is 6.34. The minimum Gasteiger partial charge on any atom is -0.290 e. The molecule has 0 amide bonds. The van der Waals surface area contributed by atoms with Gasteiger partial charge in [-0.2, -0.15) is 18.3 Å². The van der Waals surface area contributed by atoms with Gasteiger partial charge in [0.15, 0.2) is 5.82 Å². The van der Waals surface area contributed by atoms with Crippen molar-refractivity contribution in [2.75, 3.05) is 0 Å². The summed E-state index contributed by atoms with van der Waals surface area (Å²) in [5, 5.41) is 4.38. The second kappa shape index (κ2) is 8.48. The van der Waals surface area contributed by atoms with E-state index in [1.54, 1.807) is 24.3 Å². The van der Waals surface area contributed by atoms with Crippen LogP contribution >= 0.6 is 23.2 Å². The molecule has 0 radical (unpaired) electrons. The number of benzene rings is 2. The minimum absolute atomic E-state index is 0.00412. The van der Waals surface area contributed by atoms with Crippen molar-refractivity contribution >= 4 is 35.1 Å². The van der Waals surface area contributed by atoms with E-state index in [-0.39, 0.29) is 33.1 Å². The molecule has 1 fully saturated rings. The topological polar surface area (TPSA) is 47.8 Å². The predicted octanol–water partition coefficient (Wildman–Crippen LogP) is 6.53. The fraction of sp³-hybridized carbons (Fsp3) is 0.227. The summed E-state index contributed by atoms with van der Waals surface area (Å²) in [6.07, 6.45) is 0.959. The molecule has 4 rings (SSSR count). The van der Waals surface area contributed by atoms with Crippen molar-refractivity contribution in [2.45, 2.75) is 24.9 Å². The Hall–Kier alpha value is -2.64. The van der Waals surface area contributed by atoms with Crippen molar-refractivity contribution in [1.29, 1.82) is 0 Å². The van der Waals surface area contributed by atoms with E-state index in [1.165, 1.54) is 35.3 Å². The SMILES string of the molecule is O=C(c1ncnn1-c1ccc(/C=C/C(c2cc(Cl)cc(Cl)c2)C(F)(F)F)cc1)C1CC1. The number of halogens is 5. The molecule has 0 saturated heterocycles. The number of aromatic nitrogens is 3. The second-order valence-corrected chi connectivity index (χ2v) is 8.18. The van der Waals surface area contributed by atoms with Crippen molar-refractivity contribution in [3.05, 3.63) is 81.9 Å². The first-order valence-corrected chi connectivity index (χ1v) is 10.2. The van der Waals surface area contributed by atoms with Crippen LogP contribution in [-0.4, -0.2) is 26.7 Å². The van der Waals surface area contributed by atoms with E-state index in [2.05, 4.69) is 10.1 Å². The molecule has 3 aromatic rings. The largest absolute Gasteiger partial charge is 0.399 e. The Kier molecular flexibility index (Phi) is 5.90. The number of carbonyl (C=O) groups excluding carboxylic acids is 1. The number of nitrogens with zero attached hydrogens (tertiary/aromatic N) is 3. The van der Waals surface area contributed by atoms with E-state index in [0.29, 0.717) is 11.3 Å². The summed E-state index contributed by atoms with van der Waals surface area (Å²) in [5.74, 6) is -1.64. The van der Waals surface area contributed by atoms with Gasteiger partial charge in [0, 0.05) is 16.0 Å². The normalized spacial score (nSPS) is 15.4. The summed E-state index contributed by atoms with van der Waals surface area (Å²) in [6.45, 7) is 0. The van der Waals surface area contributed by atoms with Crippen LogP contribution < -0.4 is 0 Å². The smallest absolute Gasteiger partial charge is 0.290 e. The summed E-state index contributed by atoms with van der Waals surface area (Å²) in [7, 11) is 0. The van der Waals surface area contributed by atoms with Crippen LogP contribution in [0.25, 0.3) is 11.8 Å². The zero-order valence-corrected chi connectivity index (χ0v) is 17.5. The predicted molar refractivity (Wildman–Crippen MR) is 113 cm³/mol. The molecule has 0 bridgehead atoms. The molecule has 1 aromatic heterocycles. The standard InChI is InChI=1S/C22H16Cl2F3N3O/c23-16-9-15(10-17(24)11-16)19(22(25,26)27)8-3-13-1-6-18(7-2-13)30-21(28-12-29-30)20(31)14-4-5-14/h1-3,6-12,14,19H,4-5H2/b8-3+. The number of ketones is 1. The molecule has 0 spiro atoms. The van der Waals surface area contributed by atoms with Crippen molar-refractivity contribution in [1.82, 2.24) is 14.8 Å². The Bertz CT molecular complexity index is 1120. The van der Waals surface area contributed by atoms with E-state index in [4.69, 9.17) is 23.2 Å². The maximum Gasteiger partial charge on any atom is 0.399 e. The highest BCUT2D eigenvalue weighted by Crippen LogP contribution is 2.38. The minimum atomic E-state index is -4.51. The lowest BCUT2D eigenvalue weighted by Crippen LogP contribution is -2.18. The van der Waals surface area contributed by atoms with Gasteiger partial charge in [0.2, 0.25) is 5.78 Å². The molecule has 1 aliphatic carbocycles. The maximum atomic E-state index is 13.6. The van der Waals surface area contributed by atoms with Crippen molar-refractivity contribution in [2.24, 2.45) is 5.92 Å². The molecule has 31 heavy (non-hydrogen) atoms. The van der Waals surface area contributed by atoms with Crippen LogP contribution in [0.2, 0.25) is 10.0 Å². The van der Waals surface area contributed by atoms with Crippen LogP contribution in [-0.2, 0) is 0 Å². The van der Waals surface area contributed by atoms with Crippen molar-refractivity contribution < 1.29 is 18.0 Å². The summed E-state index contributed by atoms with van der Waals surface area (Å²) < 4.78 is 42.3. The van der Waals surface area contributed by atoms with Gasteiger partial charge in [-0.3, -0.25) is 4.79 Å². The highest BCUT2D eigenvalue weighted by atomic mass is 35.5. The quantitative estimate of drug-likeness (QED) is 0.389. The molecular weight excluding hydrogens is 450 g/mol. The highest BCUT2D eigenvalue weighted by Gasteiger charge is 2.39. The Morgan fingerprint density at radius 2 is 1.74 bits per heavy atom. The third kappa shape index (κ3) is 4.99. The third-order valence-corrected chi connectivity index (χ3v) is 5.37. The summed E-state index contributed by atoms with van der Waals surface area (Å²) >= 11 is 11.7. The summed E-state index contributed by atoms with van der Waals surface area (Å²) in [5.41, 5.74) is 1.12. The first-order chi connectivity index (χ1) is 14.7. The number of hydrogen-bond donors (Lipinski definition) is 0. The molecule has 1 heterocycles. The van der Waals surface area contributed by atoms with Gasteiger partial charge in [-0.05, 0) is 54.3 Å². The van der Waals surface area contributed by atoms with Gasteiger partial charge < -0.3 is 0 Å². The van der Waals surface area contributed by atoms with E-state index in [0.717, 1.165) is 18.9 Å². The lowest BCUT2D eigenvalue weighted by atomic mass is 9.97. The lowest BCUT2D eigenvalue weighted by molar-refractivity contribution is -0.139. The van der Waals surface area contributed by atoms with Gasteiger partial charge in [0.05, 0.1) is 11.6 Å². The average Bonchev–Trinajstić information content (AvgIpc) is 3.43. The van der Waals surface area contributed by atoms with Gasteiger partial charge in [-0.25, -0.2) is 9.67 Å². The van der Waals surface area contributed by atoms with Crippen molar-refractivity contribution in [3.63, 3.8) is 0 Å². The molecule has 1 unspecified atom stereocenters. The Morgan fingerprint density at radius 3 is 2.32 bits per heavy atom. The Balaban J connectivity index is 1.57. The summed E-state index contributed by atoms with van der Waals surface area (Å²) in [6, 6.07) is 10.5. The number of Topliss-reactive ketones (excluding diaryl/α,β-unsaturated/α-hetero) is 1. The van der Waals surface area contributed by atoms with Crippen LogP contribution in [0.3, 0.4) is 0 Å². The van der Waals surface area contributed by atoms with Crippen LogP contribution in [0.5, 0.6) is 0 Å². The molecule has 1 saturated carbocycles. The van der Waals surface area contributed by atoms with Crippen LogP contribution in [0.1, 0.15) is 40.5 Å². The lowest BCUT2D eigenvalue weighted by Gasteiger charge is -2.18. The fourth-order valence-corrected chi connectivity index (χ4v) is 3.77. The van der Waals surface area contributed by atoms with Gasteiger partial charge >= 0.3 is 6.18 Å². The van der Waals surface area contributed by atoms with E-state index in [9.17, 15) is 18.0 Å². The Morgan fingerprint density at radius 1 is 1.10 bits per heavy atom. The average molecular weight is 466 g/mol. The second-order valence-electron chi connectivity index (χ2n) is 7.31. The number of allylic oxidation sites excluding steroid dienone is 1. The fourth-order valence-electron chi connectivity index (χ4n) is 3.22. The van der Waals surface area contributed by atoms with Gasteiger partial charge in [-0.1, -0.05) is 47.5 Å². The molecule has 4 nitrogen and oxygen atoms in total. The van der Waals surface area contributed by atoms with E-state index >= 15 is 0 Å². The molecular formula is C22H16Cl2F3N3O. The number of alkyl halides is 3. The number of hydrogen-bond acceptors (Lipinski definition) is 3. The zero-order valence-electron chi connectivity index (χ0n) is 16.0. The third-order valence-electron chi connectivity index (χ3n) is 4.93.